The summed E-state index contributed by atoms with van der Waals surface area (Å²) in [5, 5.41) is 0. The van der Waals surface area contributed by atoms with Gasteiger partial charge in [0.2, 0.25) is 10.0 Å². The number of sulfonamides is 1. The Kier molecular flexibility index (Phi) is 7.51. The summed E-state index contributed by atoms with van der Waals surface area (Å²) in [6, 6.07) is 14.5. The minimum absolute atomic E-state index is 0.188. The van der Waals surface area contributed by atoms with E-state index in [1.54, 1.807) is 12.1 Å². The predicted octanol–water partition coefficient (Wildman–Crippen LogP) is 4.57. The van der Waals surface area contributed by atoms with Gasteiger partial charge in [-0.3, -0.25) is 9.69 Å². The van der Waals surface area contributed by atoms with Gasteiger partial charge >= 0.3 is 0 Å². The fourth-order valence-electron chi connectivity index (χ4n) is 4.26. The first kappa shape index (κ1) is 23.9. The molecule has 0 spiro atoms. The van der Waals surface area contributed by atoms with Gasteiger partial charge in [-0.15, -0.1) is 0 Å². The van der Waals surface area contributed by atoms with Crippen LogP contribution >= 0.6 is 0 Å². The lowest BCUT2D eigenvalue weighted by Crippen LogP contribution is -2.44. The summed E-state index contributed by atoms with van der Waals surface area (Å²) in [5.74, 6) is 1.58. The van der Waals surface area contributed by atoms with E-state index in [4.69, 9.17) is 4.74 Å². The number of nitrogens with zero attached hydrogens (tertiary/aromatic N) is 1. The van der Waals surface area contributed by atoms with E-state index in [9.17, 15) is 13.2 Å². The fraction of sp³-hybridized carbons (Fsp3) is 0.500. The second-order valence-corrected chi connectivity index (χ2v) is 11.1. The molecule has 1 aliphatic heterocycles. The molecule has 2 aliphatic rings. The third-order valence-corrected chi connectivity index (χ3v) is 7.93. The molecule has 6 nitrogen and oxygen atoms in total. The van der Waals surface area contributed by atoms with E-state index < -0.39 is 10.0 Å². The van der Waals surface area contributed by atoms with Crippen LogP contribution in [0.5, 0.6) is 5.75 Å². The van der Waals surface area contributed by atoms with Crippen LogP contribution in [-0.4, -0.2) is 45.0 Å². The van der Waals surface area contributed by atoms with Crippen molar-refractivity contribution in [1.29, 1.82) is 0 Å². The van der Waals surface area contributed by atoms with Crippen LogP contribution in [0, 0.1) is 5.92 Å². The summed E-state index contributed by atoms with van der Waals surface area (Å²) in [6.07, 6.45) is 4.40. The zero-order chi connectivity index (χ0) is 23.4. The number of Topliss-reactive ketones (excluding diaryl/α,β-unsaturated/α-hetero) is 1. The molecule has 1 N–H and O–H groups in total. The maximum Gasteiger partial charge on any atom is 0.241 e. The number of likely N-dealkylation sites (tertiary alicyclic amines) is 1. The molecular weight excluding hydrogens is 436 g/mol. The minimum atomic E-state index is -3.56. The number of hydrogen-bond donors (Lipinski definition) is 1. The van der Waals surface area contributed by atoms with Crippen LogP contribution in [0.25, 0.3) is 0 Å². The van der Waals surface area contributed by atoms with Crippen molar-refractivity contribution >= 4 is 15.8 Å². The van der Waals surface area contributed by atoms with Crippen LogP contribution in [0.2, 0.25) is 0 Å². The van der Waals surface area contributed by atoms with Gasteiger partial charge in [-0.2, -0.15) is 4.72 Å². The first-order chi connectivity index (χ1) is 15.8. The summed E-state index contributed by atoms with van der Waals surface area (Å²) >= 11 is 0. The van der Waals surface area contributed by atoms with Crippen LogP contribution in [0.15, 0.2) is 53.4 Å². The first-order valence-corrected chi connectivity index (χ1v) is 13.5. The van der Waals surface area contributed by atoms with Gasteiger partial charge in [-0.1, -0.05) is 26.0 Å². The zero-order valence-corrected chi connectivity index (χ0v) is 20.3. The monoisotopic (exact) mass is 470 g/mol. The second kappa shape index (κ2) is 10.4. The maximum absolute atomic E-state index is 12.9. The van der Waals surface area contributed by atoms with Crippen LogP contribution in [0.1, 0.15) is 67.8 Å². The van der Waals surface area contributed by atoms with Gasteiger partial charge < -0.3 is 4.74 Å². The highest BCUT2D eigenvalue weighted by molar-refractivity contribution is 7.89. The van der Waals surface area contributed by atoms with Crippen molar-refractivity contribution in [2.45, 2.75) is 62.9 Å². The minimum Gasteiger partial charge on any atom is -0.494 e. The van der Waals surface area contributed by atoms with Gasteiger partial charge in [0.15, 0.2) is 5.78 Å². The van der Waals surface area contributed by atoms with Crippen molar-refractivity contribution in [2.24, 2.45) is 5.92 Å². The Balaban J connectivity index is 1.24. The Morgan fingerprint density at radius 1 is 1.06 bits per heavy atom. The Bertz CT molecular complexity index is 1040. The van der Waals surface area contributed by atoms with Gasteiger partial charge in [-0.05, 0) is 86.5 Å². The van der Waals surface area contributed by atoms with Gasteiger partial charge in [0.1, 0.15) is 5.75 Å². The van der Waals surface area contributed by atoms with Gasteiger partial charge in [-0.25, -0.2) is 8.42 Å². The zero-order valence-electron chi connectivity index (χ0n) is 19.5. The highest BCUT2D eigenvalue weighted by atomic mass is 32.2. The summed E-state index contributed by atoms with van der Waals surface area (Å²) in [6.45, 7) is 6.36. The number of benzene rings is 2. The number of ketones is 1. The molecule has 2 aromatic rings. The average molecular weight is 471 g/mol. The van der Waals surface area contributed by atoms with Crippen LogP contribution in [0.3, 0.4) is 0 Å². The van der Waals surface area contributed by atoms with E-state index in [1.165, 1.54) is 0 Å². The summed E-state index contributed by atoms with van der Waals surface area (Å²) in [7, 11) is -3.56. The largest absolute Gasteiger partial charge is 0.494 e. The van der Waals surface area contributed by atoms with E-state index in [0.717, 1.165) is 62.1 Å². The third-order valence-electron chi connectivity index (χ3n) is 6.46. The van der Waals surface area contributed by atoms with Crippen LogP contribution < -0.4 is 9.46 Å². The van der Waals surface area contributed by atoms with Gasteiger partial charge in [0, 0.05) is 18.0 Å². The van der Waals surface area contributed by atoms with Crippen molar-refractivity contribution in [3.63, 3.8) is 0 Å². The van der Waals surface area contributed by atoms with Crippen molar-refractivity contribution in [3.8, 4) is 5.75 Å². The highest BCUT2D eigenvalue weighted by Gasteiger charge is 2.30. The van der Waals surface area contributed by atoms with Crippen molar-refractivity contribution in [3.05, 3.63) is 59.7 Å². The van der Waals surface area contributed by atoms with E-state index >= 15 is 0 Å². The Hall–Kier alpha value is -2.22. The number of nitrogens with one attached hydrogen (secondary N) is 1. The van der Waals surface area contributed by atoms with E-state index in [1.807, 2.05) is 36.4 Å². The summed E-state index contributed by atoms with van der Waals surface area (Å²) < 4.78 is 34.5. The molecule has 1 atom stereocenters. The van der Waals surface area contributed by atoms with Gasteiger partial charge in [0.25, 0.3) is 0 Å². The number of carbonyl (C=O) groups is 1. The second-order valence-electron chi connectivity index (χ2n) is 9.40. The summed E-state index contributed by atoms with van der Waals surface area (Å²) in [4.78, 5) is 14.6. The lowest BCUT2D eigenvalue weighted by atomic mass is 10.0. The Morgan fingerprint density at radius 3 is 2.39 bits per heavy atom. The van der Waals surface area contributed by atoms with Crippen molar-refractivity contribution in [1.82, 2.24) is 9.62 Å². The standard InChI is InChI=1S/C26H34N2O4S/c1-19(2)20-10-14-24(15-11-20)33(30,31)27-25-5-3-16-28(25)17-4-18-32-23-12-8-22(9-13-23)26(29)21-6-7-21/h8-15,19,21,25,27H,3-7,16-18H2,1-2H3. The molecule has 1 unspecified atom stereocenters. The predicted molar refractivity (Wildman–Crippen MR) is 129 cm³/mol. The van der Waals surface area contributed by atoms with Crippen molar-refractivity contribution in [2.75, 3.05) is 19.7 Å². The number of ether oxygens (including phenoxy) is 1. The Morgan fingerprint density at radius 2 is 1.76 bits per heavy atom. The normalized spacial score (nSPS) is 19.2. The number of carbonyl (C=O) groups excluding carboxylic acids is 1. The lowest BCUT2D eigenvalue weighted by Gasteiger charge is -2.25. The van der Waals surface area contributed by atoms with E-state index in [2.05, 4.69) is 23.5 Å². The molecule has 2 aromatic carbocycles. The molecule has 0 amide bonds. The quantitative estimate of drug-likeness (QED) is 0.385. The topological polar surface area (TPSA) is 75.7 Å². The SMILES string of the molecule is CC(C)c1ccc(S(=O)(=O)NC2CCCN2CCCOc2ccc(C(=O)C3CC3)cc2)cc1. The fourth-order valence-corrected chi connectivity index (χ4v) is 5.52. The molecule has 1 heterocycles. The molecule has 7 heteroatoms. The van der Waals surface area contributed by atoms with E-state index in [0.29, 0.717) is 17.4 Å². The first-order valence-electron chi connectivity index (χ1n) is 12.0. The molecule has 1 saturated heterocycles. The Labute approximate surface area is 197 Å². The lowest BCUT2D eigenvalue weighted by molar-refractivity contribution is 0.0967. The maximum atomic E-state index is 12.9. The molecule has 0 aromatic heterocycles. The molecule has 178 valence electrons. The summed E-state index contributed by atoms with van der Waals surface area (Å²) in [5.41, 5.74) is 1.89. The average Bonchev–Trinajstić information content (AvgIpc) is 3.57. The number of rotatable bonds is 11. The highest BCUT2D eigenvalue weighted by Crippen LogP contribution is 2.33. The third kappa shape index (κ3) is 6.22. The molecule has 0 bridgehead atoms. The number of hydrogen-bond acceptors (Lipinski definition) is 5. The van der Waals surface area contributed by atoms with Crippen LogP contribution in [0.4, 0.5) is 0 Å². The molecule has 2 fully saturated rings. The van der Waals surface area contributed by atoms with Crippen molar-refractivity contribution < 1.29 is 17.9 Å². The van der Waals surface area contributed by atoms with Crippen LogP contribution in [-0.2, 0) is 10.0 Å². The molecule has 1 saturated carbocycles. The molecular formula is C26H34N2O4S. The smallest absolute Gasteiger partial charge is 0.241 e. The van der Waals surface area contributed by atoms with Gasteiger partial charge in [0.05, 0.1) is 17.7 Å². The molecule has 33 heavy (non-hydrogen) atoms. The van der Waals surface area contributed by atoms with E-state index in [-0.39, 0.29) is 17.9 Å². The molecule has 4 rings (SSSR count). The molecule has 1 aliphatic carbocycles. The molecule has 0 radical (unpaired) electrons.